The van der Waals surface area contributed by atoms with Crippen molar-refractivity contribution in [2.45, 2.75) is 53.3 Å². The third kappa shape index (κ3) is 4.18. The first-order valence-corrected chi connectivity index (χ1v) is 5.24. The van der Waals surface area contributed by atoms with Gasteiger partial charge in [-0.05, 0) is 17.8 Å². The van der Waals surface area contributed by atoms with E-state index < -0.39 is 0 Å². The van der Waals surface area contributed by atoms with E-state index >= 15 is 0 Å². The summed E-state index contributed by atoms with van der Waals surface area (Å²) < 4.78 is 0. The summed E-state index contributed by atoms with van der Waals surface area (Å²) >= 11 is 0. The third-order valence-electron chi connectivity index (χ3n) is 2.81. The molecular weight excluding hydrogens is 143 g/mol. The van der Waals surface area contributed by atoms with Crippen molar-refractivity contribution in [2.24, 2.45) is 17.8 Å². The number of hydrogen-bond donors (Lipinski definition) is 0. The molecule has 0 aliphatic heterocycles. The van der Waals surface area contributed by atoms with Crippen molar-refractivity contribution in [2.75, 3.05) is 0 Å². The van der Waals surface area contributed by atoms with Gasteiger partial charge in [0.1, 0.15) is 0 Å². The highest BCUT2D eigenvalue weighted by Gasteiger charge is 2.18. The van der Waals surface area contributed by atoms with E-state index in [4.69, 9.17) is 7.85 Å². The Balaban J connectivity index is 3.95. The zero-order valence-electron chi connectivity index (χ0n) is 9.30. The predicted molar refractivity (Wildman–Crippen MR) is 57.6 cm³/mol. The molecule has 0 nitrogen and oxygen atoms in total. The quantitative estimate of drug-likeness (QED) is 0.546. The van der Waals surface area contributed by atoms with Gasteiger partial charge in [-0.2, -0.15) is 0 Å². The first-order valence-electron chi connectivity index (χ1n) is 5.24. The van der Waals surface area contributed by atoms with Crippen LogP contribution in [0.25, 0.3) is 0 Å². The maximum atomic E-state index is 5.95. The van der Waals surface area contributed by atoms with Crippen LogP contribution in [0.4, 0.5) is 0 Å². The molecule has 0 aliphatic carbocycles. The molecule has 0 N–H and O–H groups in total. The molecule has 0 saturated heterocycles. The number of rotatable bonds is 5. The van der Waals surface area contributed by atoms with Gasteiger partial charge in [-0.1, -0.05) is 53.3 Å². The molecule has 1 heteroatoms. The van der Waals surface area contributed by atoms with Gasteiger partial charge in [0.2, 0.25) is 0 Å². The maximum absolute atomic E-state index is 5.95. The van der Waals surface area contributed by atoms with Gasteiger partial charge in [0.05, 0.1) is 7.85 Å². The van der Waals surface area contributed by atoms with E-state index in [0.29, 0.717) is 5.82 Å². The van der Waals surface area contributed by atoms with Crippen molar-refractivity contribution < 1.29 is 0 Å². The fraction of sp³-hybridized carbons (Fsp3) is 1.00. The Kier molecular flexibility index (Phi) is 5.70. The maximum Gasteiger partial charge on any atom is 0.0699 e. The van der Waals surface area contributed by atoms with Crippen molar-refractivity contribution in [3.05, 3.63) is 0 Å². The molecule has 0 aromatic rings. The molecule has 0 amide bonds. The van der Waals surface area contributed by atoms with Gasteiger partial charge in [-0.3, -0.25) is 0 Å². The minimum absolute atomic E-state index is 0.403. The molecule has 0 rings (SSSR count). The molecule has 0 fully saturated rings. The largest absolute Gasteiger partial charge is 0.0774 e. The Morgan fingerprint density at radius 2 is 1.42 bits per heavy atom. The SMILES string of the molecule is [B]C(CC)CC(C(C)C)C(C)C. The van der Waals surface area contributed by atoms with Crippen LogP contribution in [0.2, 0.25) is 5.82 Å². The first-order chi connectivity index (χ1) is 5.49. The molecule has 0 saturated carbocycles. The van der Waals surface area contributed by atoms with Crippen molar-refractivity contribution in [3.8, 4) is 0 Å². The second-order valence-corrected chi connectivity index (χ2v) is 4.56. The summed E-state index contributed by atoms with van der Waals surface area (Å²) in [5.74, 6) is 2.73. The van der Waals surface area contributed by atoms with Crippen LogP contribution in [-0.2, 0) is 0 Å². The van der Waals surface area contributed by atoms with E-state index in [9.17, 15) is 0 Å². The van der Waals surface area contributed by atoms with Crippen LogP contribution in [0.15, 0.2) is 0 Å². The topological polar surface area (TPSA) is 0 Å². The molecule has 12 heavy (non-hydrogen) atoms. The van der Waals surface area contributed by atoms with Crippen LogP contribution in [0.5, 0.6) is 0 Å². The molecule has 0 aromatic carbocycles. The van der Waals surface area contributed by atoms with Gasteiger partial charge in [0, 0.05) is 0 Å². The molecule has 0 bridgehead atoms. The summed E-state index contributed by atoms with van der Waals surface area (Å²) in [6.07, 6.45) is 2.29. The van der Waals surface area contributed by atoms with E-state index in [2.05, 4.69) is 34.6 Å². The van der Waals surface area contributed by atoms with E-state index in [1.807, 2.05) is 0 Å². The summed E-state index contributed by atoms with van der Waals surface area (Å²) in [6.45, 7) is 11.4. The lowest BCUT2D eigenvalue weighted by atomic mass is 9.72. The summed E-state index contributed by atoms with van der Waals surface area (Å²) in [4.78, 5) is 0. The molecule has 0 aromatic heterocycles. The third-order valence-corrected chi connectivity index (χ3v) is 2.81. The molecule has 1 unspecified atom stereocenters. The average molecular weight is 166 g/mol. The van der Waals surface area contributed by atoms with Crippen LogP contribution in [0.1, 0.15) is 47.5 Å². The molecule has 2 radical (unpaired) electrons. The predicted octanol–water partition coefficient (Wildman–Crippen LogP) is 3.67. The zero-order chi connectivity index (χ0) is 9.72. The van der Waals surface area contributed by atoms with Crippen LogP contribution in [0, 0.1) is 17.8 Å². The fourth-order valence-electron chi connectivity index (χ4n) is 1.83. The molecule has 70 valence electrons. The van der Waals surface area contributed by atoms with Gasteiger partial charge < -0.3 is 0 Å². The molecule has 0 spiro atoms. The summed E-state index contributed by atoms with van der Waals surface area (Å²) in [7, 11) is 5.95. The van der Waals surface area contributed by atoms with Crippen molar-refractivity contribution in [1.29, 1.82) is 0 Å². The van der Waals surface area contributed by atoms with Crippen LogP contribution in [0.3, 0.4) is 0 Å². The Labute approximate surface area is 79.5 Å². The zero-order valence-corrected chi connectivity index (χ0v) is 9.30. The van der Waals surface area contributed by atoms with Crippen molar-refractivity contribution >= 4 is 7.85 Å². The second kappa shape index (κ2) is 5.67. The summed E-state index contributed by atoms with van der Waals surface area (Å²) in [5, 5.41) is 0. The highest BCUT2D eigenvalue weighted by atomic mass is 14.2. The van der Waals surface area contributed by atoms with E-state index in [1.54, 1.807) is 0 Å². The standard InChI is InChI=1S/C11H23B/c1-6-10(12)7-11(8(2)3)9(4)5/h8-11H,6-7H2,1-5H3. The van der Waals surface area contributed by atoms with Gasteiger partial charge in [-0.15, -0.1) is 0 Å². The Morgan fingerprint density at radius 1 is 1.00 bits per heavy atom. The lowest BCUT2D eigenvalue weighted by molar-refractivity contribution is 0.263. The van der Waals surface area contributed by atoms with E-state index in [0.717, 1.165) is 24.2 Å². The minimum Gasteiger partial charge on any atom is -0.0774 e. The smallest absolute Gasteiger partial charge is 0.0699 e. The van der Waals surface area contributed by atoms with E-state index in [-0.39, 0.29) is 0 Å². The second-order valence-electron chi connectivity index (χ2n) is 4.56. The normalized spacial score (nSPS) is 14.7. The average Bonchev–Trinajstić information content (AvgIpc) is 1.98. The minimum atomic E-state index is 0.403. The van der Waals surface area contributed by atoms with Gasteiger partial charge in [0.25, 0.3) is 0 Å². The summed E-state index contributed by atoms with van der Waals surface area (Å²) in [6, 6.07) is 0. The lowest BCUT2D eigenvalue weighted by Crippen LogP contribution is -2.17. The molecule has 1 atom stereocenters. The van der Waals surface area contributed by atoms with Crippen LogP contribution < -0.4 is 0 Å². The number of hydrogen-bond acceptors (Lipinski definition) is 0. The Hall–Kier alpha value is 0.0649. The van der Waals surface area contributed by atoms with Gasteiger partial charge in [0.15, 0.2) is 0 Å². The van der Waals surface area contributed by atoms with Crippen LogP contribution >= 0.6 is 0 Å². The van der Waals surface area contributed by atoms with E-state index in [1.165, 1.54) is 6.42 Å². The lowest BCUT2D eigenvalue weighted by Gasteiger charge is -2.27. The Morgan fingerprint density at radius 3 is 1.67 bits per heavy atom. The first kappa shape index (κ1) is 12.1. The molecule has 0 aliphatic rings. The fourth-order valence-corrected chi connectivity index (χ4v) is 1.83. The van der Waals surface area contributed by atoms with Crippen molar-refractivity contribution in [1.82, 2.24) is 0 Å². The monoisotopic (exact) mass is 166 g/mol. The van der Waals surface area contributed by atoms with Gasteiger partial charge in [-0.25, -0.2) is 0 Å². The highest BCUT2D eigenvalue weighted by molar-refractivity contribution is 6.11. The summed E-state index contributed by atoms with van der Waals surface area (Å²) in [5.41, 5.74) is 0. The molecular formula is C11H23B. The molecule has 0 heterocycles. The highest BCUT2D eigenvalue weighted by Crippen LogP contribution is 2.29. The van der Waals surface area contributed by atoms with Crippen LogP contribution in [-0.4, -0.2) is 7.85 Å². The Bertz CT molecular complexity index is 99.6. The van der Waals surface area contributed by atoms with Gasteiger partial charge >= 0.3 is 0 Å². The van der Waals surface area contributed by atoms with Crippen molar-refractivity contribution in [3.63, 3.8) is 0 Å².